The molecule has 0 bridgehead atoms. The fraction of sp³-hybridized carbons (Fsp3) is 0.714. The minimum Gasteiger partial charge on any atom is -0.353 e. The summed E-state index contributed by atoms with van der Waals surface area (Å²) >= 11 is 0. The van der Waals surface area contributed by atoms with Crippen LogP contribution in [0.1, 0.15) is 55.7 Å². The van der Waals surface area contributed by atoms with Crippen molar-refractivity contribution in [1.29, 1.82) is 0 Å². The lowest BCUT2D eigenvalue weighted by Crippen LogP contribution is -2.46. The zero-order valence-electron chi connectivity index (χ0n) is 18.0. The van der Waals surface area contributed by atoms with E-state index in [0.717, 1.165) is 37.1 Å². The summed E-state index contributed by atoms with van der Waals surface area (Å²) in [6.45, 7) is 4.65. The Morgan fingerprint density at radius 1 is 1.17 bits per heavy atom. The van der Waals surface area contributed by atoms with Crippen molar-refractivity contribution in [2.75, 3.05) is 13.1 Å². The highest BCUT2D eigenvalue weighted by atomic mass is 15.3. The van der Waals surface area contributed by atoms with Crippen LogP contribution >= 0.6 is 0 Å². The standard InChI is InChI=1S/C21H34N8/c1-16-25-26-20(28(16)3)13-22-21(24-19-7-5-4-6-8-19)29-10-9-17(15-29)11-18-12-23-27(2)14-18/h12,14,17,19H,4-11,13,15H2,1-3H3,(H,22,24). The van der Waals surface area contributed by atoms with Crippen LogP contribution in [0.4, 0.5) is 0 Å². The molecule has 29 heavy (non-hydrogen) atoms. The quantitative estimate of drug-likeness (QED) is 0.617. The number of aliphatic imine (C=N–C) groups is 1. The molecule has 1 N–H and O–H groups in total. The average Bonchev–Trinajstić information content (AvgIpc) is 3.43. The second kappa shape index (κ2) is 8.97. The lowest BCUT2D eigenvalue weighted by Gasteiger charge is -2.29. The molecule has 0 aromatic carbocycles. The van der Waals surface area contributed by atoms with Gasteiger partial charge in [-0.05, 0) is 44.1 Å². The summed E-state index contributed by atoms with van der Waals surface area (Å²) in [6, 6.07) is 0.543. The molecule has 2 aromatic heterocycles. The third-order valence-electron chi connectivity index (χ3n) is 6.36. The molecule has 1 aliphatic heterocycles. The first-order chi connectivity index (χ1) is 14.1. The van der Waals surface area contributed by atoms with Crippen molar-refractivity contribution in [1.82, 2.24) is 34.8 Å². The lowest BCUT2D eigenvalue weighted by atomic mass is 9.96. The molecular formula is C21H34N8. The monoisotopic (exact) mass is 398 g/mol. The number of hydrogen-bond acceptors (Lipinski definition) is 4. The van der Waals surface area contributed by atoms with Crippen LogP contribution in [0.25, 0.3) is 0 Å². The van der Waals surface area contributed by atoms with Gasteiger partial charge in [0.1, 0.15) is 12.4 Å². The molecule has 0 radical (unpaired) electrons. The van der Waals surface area contributed by atoms with E-state index in [1.807, 2.05) is 36.5 Å². The topological polar surface area (TPSA) is 76.2 Å². The highest BCUT2D eigenvalue weighted by molar-refractivity contribution is 5.80. The van der Waals surface area contributed by atoms with Gasteiger partial charge in [0.15, 0.2) is 11.8 Å². The largest absolute Gasteiger partial charge is 0.353 e. The van der Waals surface area contributed by atoms with E-state index >= 15 is 0 Å². The summed E-state index contributed by atoms with van der Waals surface area (Å²) in [5, 5.41) is 16.6. The Labute approximate surface area is 173 Å². The maximum Gasteiger partial charge on any atom is 0.194 e. The summed E-state index contributed by atoms with van der Waals surface area (Å²) in [4.78, 5) is 7.42. The molecule has 3 heterocycles. The summed E-state index contributed by atoms with van der Waals surface area (Å²) in [7, 11) is 3.99. The van der Waals surface area contributed by atoms with Crippen molar-refractivity contribution in [2.45, 2.75) is 64.5 Å². The van der Waals surface area contributed by atoms with E-state index in [0.29, 0.717) is 18.5 Å². The molecule has 0 amide bonds. The van der Waals surface area contributed by atoms with Crippen LogP contribution in [0.2, 0.25) is 0 Å². The van der Waals surface area contributed by atoms with E-state index in [4.69, 9.17) is 4.99 Å². The van der Waals surface area contributed by atoms with Gasteiger partial charge < -0.3 is 14.8 Å². The number of likely N-dealkylation sites (tertiary alicyclic amines) is 1. The summed E-state index contributed by atoms with van der Waals surface area (Å²) in [5.74, 6) is 3.53. The molecule has 8 heteroatoms. The third kappa shape index (κ3) is 4.97. The minimum atomic E-state index is 0.543. The molecule has 2 aliphatic rings. The lowest BCUT2D eigenvalue weighted by molar-refractivity contribution is 0.384. The van der Waals surface area contributed by atoms with E-state index in [2.05, 4.69) is 31.7 Å². The van der Waals surface area contributed by atoms with Crippen molar-refractivity contribution >= 4 is 5.96 Å². The van der Waals surface area contributed by atoms with E-state index in [1.54, 1.807) is 0 Å². The highest BCUT2D eigenvalue weighted by Crippen LogP contribution is 2.22. The van der Waals surface area contributed by atoms with Gasteiger partial charge in [0, 0.05) is 39.4 Å². The van der Waals surface area contributed by atoms with Crippen molar-refractivity contribution in [2.24, 2.45) is 25.0 Å². The number of aryl methyl sites for hydroxylation is 2. The van der Waals surface area contributed by atoms with Gasteiger partial charge in [-0.3, -0.25) is 4.68 Å². The Morgan fingerprint density at radius 3 is 2.69 bits per heavy atom. The zero-order chi connectivity index (χ0) is 20.2. The first-order valence-corrected chi connectivity index (χ1v) is 11.0. The van der Waals surface area contributed by atoms with E-state index in [1.165, 1.54) is 44.1 Å². The molecule has 0 spiro atoms. The Hall–Kier alpha value is -2.38. The van der Waals surface area contributed by atoms with Crippen LogP contribution in [0.15, 0.2) is 17.4 Å². The van der Waals surface area contributed by atoms with Crippen LogP contribution in [-0.4, -0.2) is 54.5 Å². The van der Waals surface area contributed by atoms with Gasteiger partial charge in [0.25, 0.3) is 0 Å². The van der Waals surface area contributed by atoms with E-state index < -0.39 is 0 Å². The molecule has 1 saturated heterocycles. The molecule has 2 fully saturated rings. The fourth-order valence-corrected chi connectivity index (χ4v) is 4.50. The van der Waals surface area contributed by atoms with Crippen LogP contribution in [0.3, 0.4) is 0 Å². The predicted molar refractivity (Wildman–Crippen MR) is 113 cm³/mol. The smallest absolute Gasteiger partial charge is 0.194 e. The van der Waals surface area contributed by atoms with Crippen LogP contribution < -0.4 is 5.32 Å². The van der Waals surface area contributed by atoms with E-state index in [9.17, 15) is 0 Å². The number of hydrogen-bond donors (Lipinski definition) is 1. The number of guanidine groups is 1. The molecule has 8 nitrogen and oxygen atoms in total. The number of nitrogens with zero attached hydrogens (tertiary/aromatic N) is 7. The maximum atomic E-state index is 4.98. The van der Waals surface area contributed by atoms with Crippen LogP contribution in [0, 0.1) is 12.8 Å². The van der Waals surface area contributed by atoms with Crippen LogP contribution in [-0.2, 0) is 27.1 Å². The molecule has 158 valence electrons. The summed E-state index contributed by atoms with van der Waals surface area (Å²) < 4.78 is 3.92. The molecule has 4 rings (SSSR count). The Balaban J connectivity index is 1.44. The maximum absolute atomic E-state index is 4.98. The average molecular weight is 399 g/mol. The number of aromatic nitrogens is 5. The predicted octanol–water partition coefficient (Wildman–Crippen LogP) is 2.20. The second-order valence-corrected chi connectivity index (χ2v) is 8.67. The molecule has 2 aromatic rings. The van der Waals surface area contributed by atoms with Crippen molar-refractivity contribution < 1.29 is 0 Å². The molecular weight excluding hydrogens is 364 g/mol. The van der Waals surface area contributed by atoms with E-state index in [-0.39, 0.29) is 0 Å². The summed E-state index contributed by atoms with van der Waals surface area (Å²) in [6.07, 6.45) is 12.9. The highest BCUT2D eigenvalue weighted by Gasteiger charge is 2.27. The van der Waals surface area contributed by atoms with Gasteiger partial charge in [0.2, 0.25) is 0 Å². The van der Waals surface area contributed by atoms with Crippen molar-refractivity contribution in [3.8, 4) is 0 Å². The number of rotatable bonds is 5. The first-order valence-electron chi connectivity index (χ1n) is 11.0. The Bertz CT molecular complexity index is 830. The zero-order valence-corrected chi connectivity index (χ0v) is 18.0. The molecule has 1 aliphatic carbocycles. The Kier molecular flexibility index (Phi) is 6.16. The van der Waals surface area contributed by atoms with Gasteiger partial charge in [-0.15, -0.1) is 10.2 Å². The fourth-order valence-electron chi connectivity index (χ4n) is 4.50. The van der Waals surface area contributed by atoms with Gasteiger partial charge in [-0.1, -0.05) is 19.3 Å². The number of nitrogens with one attached hydrogen (secondary N) is 1. The molecule has 1 atom stereocenters. The minimum absolute atomic E-state index is 0.543. The molecule has 1 unspecified atom stereocenters. The normalized spacial score (nSPS) is 21.1. The third-order valence-corrected chi connectivity index (χ3v) is 6.36. The summed E-state index contributed by atoms with van der Waals surface area (Å²) in [5.41, 5.74) is 1.33. The second-order valence-electron chi connectivity index (χ2n) is 8.67. The SMILES string of the molecule is Cc1nnc(CN=C(NC2CCCCC2)N2CCC(Cc3cnn(C)c3)C2)n1C. The Morgan fingerprint density at radius 2 is 2.00 bits per heavy atom. The molecule has 1 saturated carbocycles. The van der Waals surface area contributed by atoms with Gasteiger partial charge in [-0.25, -0.2) is 4.99 Å². The van der Waals surface area contributed by atoms with Gasteiger partial charge in [-0.2, -0.15) is 5.10 Å². The first kappa shape index (κ1) is 19.9. The van der Waals surface area contributed by atoms with Gasteiger partial charge in [0.05, 0.1) is 6.20 Å². The van der Waals surface area contributed by atoms with Crippen LogP contribution in [0.5, 0.6) is 0 Å². The van der Waals surface area contributed by atoms with Crippen molar-refractivity contribution in [3.63, 3.8) is 0 Å². The van der Waals surface area contributed by atoms with Crippen molar-refractivity contribution in [3.05, 3.63) is 29.6 Å². The van der Waals surface area contributed by atoms with Gasteiger partial charge >= 0.3 is 0 Å².